The predicted octanol–water partition coefficient (Wildman–Crippen LogP) is 3.48. The van der Waals surface area contributed by atoms with E-state index < -0.39 is 5.97 Å². The zero-order valence-electron chi connectivity index (χ0n) is 13.4. The molecule has 4 heteroatoms. The van der Waals surface area contributed by atoms with E-state index in [1.54, 1.807) is 24.1 Å². The van der Waals surface area contributed by atoms with Crippen LogP contribution in [0.1, 0.15) is 39.6 Å². The number of nitrogens with zero attached hydrogens (tertiary/aromatic N) is 1. The van der Waals surface area contributed by atoms with Crippen LogP contribution < -0.4 is 0 Å². The largest absolute Gasteiger partial charge is 0.478 e. The second-order valence-corrected chi connectivity index (χ2v) is 5.55. The van der Waals surface area contributed by atoms with Gasteiger partial charge in [-0.25, -0.2) is 4.79 Å². The summed E-state index contributed by atoms with van der Waals surface area (Å²) in [6, 6.07) is 16.2. The van der Waals surface area contributed by atoms with Gasteiger partial charge in [-0.1, -0.05) is 37.3 Å². The number of carbonyl (C=O) groups is 2. The van der Waals surface area contributed by atoms with Crippen LogP contribution in [0.5, 0.6) is 0 Å². The molecule has 4 nitrogen and oxygen atoms in total. The lowest BCUT2D eigenvalue weighted by atomic mass is 10.0. The summed E-state index contributed by atoms with van der Waals surface area (Å²) < 4.78 is 0. The third-order valence-electron chi connectivity index (χ3n) is 4.03. The van der Waals surface area contributed by atoms with E-state index in [1.807, 2.05) is 18.2 Å². The highest BCUT2D eigenvalue weighted by molar-refractivity contribution is 5.95. The lowest BCUT2D eigenvalue weighted by molar-refractivity contribution is 0.0691. The van der Waals surface area contributed by atoms with E-state index in [2.05, 4.69) is 19.1 Å². The summed E-state index contributed by atoms with van der Waals surface area (Å²) in [6.07, 6.45) is 1.65. The van der Waals surface area contributed by atoms with E-state index in [9.17, 15) is 9.59 Å². The van der Waals surface area contributed by atoms with Crippen molar-refractivity contribution in [1.82, 2.24) is 4.90 Å². The first-order valence-electron chi connectivity index (χ1n) is 7.67. The van der Waals surface area contributed by atoms with E-state index in [1.165, 1.54) is 17.7 Å². The van der Waals surface area contributed by atoms with E-state index in [0.29, 0.717) is 5.56 Å². The first kappa shape index (κ1) is 16.7. The van der Waals surface area contributed by atoms with Crippen molar-refractivity contribution in [2.24, 2.45) is 0 Å². The molecule has 0 fully saturated rings. The molecule has 1 N–H and O–H groups in total. The van der Waals surface area contributed by atoms with E-state index in [4.69, 9.17) is 5.11 Å². The fraction of sp³-hybridized carbons (Fsp3) is 0.263. The maximum absolute atomic E-state index is 12.6. The molecule has 23 heavy (non-hydrogen) atoms. The van der Waals surface area contributed by atoms with Crippen LogP contribution in [0.4, 0.5) is 0 Å². The Bertz CT molecular complexity index is 665. The Morgan fingerprint density at radius 3 is 2.09 bits per heavy atom. The summed E-state index contributed by atoms with van der Waals surface area (Å²) in [5.41, 5.74) is 1.88. The Balaban J connectivity index is 2.11. The van der Waals surface area contributed by atoms with Gasteiger partial charge in [-0.05, 0) is 42.7 Å². The van der Waals surface area contributed by atoms with Crippen LogP contribution in [0.3, 0.4) is 0 Å². The van der Waals surface area contributed by atoms with E-state index in [-0.39, 0.29) is 17.5 Å². The lowest BCUT2D eigenvalue weighted by Crippen LogP contribution is -2.38. The van der Waals surface area contributed by atoms with Crippen LogP contribution in [0.25, 0.3) is 0 Å². The molecule has 0 saturated heterocycles. The molecule has 2 aromatic carbocycles. The molecule has 1 atom stereocenters. The first-order chi connectivity index (χ1) is 11.0. The van der Waals surface area contributed by atoms with Crippen LogP contribution in [-0.4, -0.2) is 35.0 Å². The predicted molar refractivity (Wildman–Crippen MR) is 89.7 cm³/mol. The quantitative estimate of drug-likeness (QED) is 0.888. The summed E-state index contributed by atoms with van der Waals surface area (Å²) in [5.74, 6) is -1.09. The molecule has 2 aromatic rings. The van der Waals surface area contributed by atoms with Crippen molar-refractivity contribution in [3.8, 4) is 0 Å². The van der Waals surface area contributed by atoms with Gasteiger partial charge >= 0.3 is 5.97 Å². The Morgan fingerprint density at radius 1 is 1.00 bits per heavy atom. The van der Waals surface area contributed by atoms with Gasteiger partial charge in [0.2, 0.25) is 0 Å². The van der Waals surface area contributed by atoms with E-state index in [0.717, 1.165) is 12.8 Å². The minimum absolute atomic E-state index is 0.0929. The number of hydrogen-bond acceptors (Lipinski definition) is 2. The number of carbonyl (C=O) groups excluding carboxylic acids is 1. The fourth-order valence-electron chi connectivity index (χ4n) is 2.57. The highest BCUT2D eigenvalue weighted by atomic mass is 16.4. The third kappa shape index (κ3) is 4.19. The first-order valence-corrected chi connectivity index (χ1v) is 7.67. The molecule has 0 aromatic heterocycles. The summed E-state index contributed by atoms with van der Waals surface area (Å²) in [4.78, 5) is 25.2. The maximum atomic E-state index is 12.6. The van der Waals surface area contributed by atoms with Gasteiger partial charge in [-0.3, -0.25) is 4.79 Å². The summed E-state index contributed by atoms with van der Waals surface area (Å²) >= 11 is 0. The second kappa shape index (κ2) is 7.58. The molecule has 1 unspecified atom stereocenters. The van der Waals surface area contributed by atoms with Gasteiger partial charge in [0.25, 0.3) is 5.91 Å². The van der Waals surface area contributed by atoms with Gasteiger partial charge in [0.05, 0.1) is 5.56 Å². The molecule has 0 aliphatic rings. The molecule has 0 heterocycles. The standard InChI is InChI=1S/C19H21NO3/c1-3-17(13-14-7-5-4-6-8-14)20(2)18(21)15-9-11-16(12-10-15)19(22)23/h4-12,17H,3,13H2,1-2H3,(H,22,23). The molecular weight excluding hydrogens is 290 g/mol. The molecule has 2 rings (SSSR count). The fourth-order valence-corrected chi connectivity index (χ4v) is 2.57. The second-order valence-electron chi connectivity index (χ2n) is 5.55. The van der Waals surface area contributed by atoms with Crippen LogP contribution in [0, 0.1) is 0 Å². The Hall–Kier alpha value is -2.62. The SMILES string of the molecule is CCC(Cc1ccccc1)N(C)C(=O)c1ccc(C(=O)O)cc1. The van der Waals surface area contributed by atoms with Gasteiger partial charge in [-0.2, -0.15) is 0 Å². The summed E-state index contributed by atoms with van der Waals surface area (Å²) in [6.45, 7) is 2.06. The molecule has 1 amide bonds. The minimum atomic E-state index is -0.993. The van der Waals surface area contributed by atoms with Crippen molar-refractivity contribution < 1.29 is 14.7 Å². The molecule has 0 bridgehead atoms. The Morgan fingerprint density at radius 2 is 1.57 bits per heavy atom. The Labute approximate surface area is 136 Å². The number of carboxylic acid groups (broad SMARTS) is 1. The summed E-state index contributed by atoms with van der Waals surface area (Å²) in [5, 5.41) is 8.92. The summed E-state index contributed by atoms with van der Waals surface area (Å²) in [7, 11) is 1.80. The number of amides is 1. The monoisotopic (exact) mass is 311 g/mol. The normalized spacial score (nSPS) is 11.7. The van der Waals surface area contributed by atoms with Crippen LogP contribution in [-0.2, 0) is 6.42 Å². The molecule has 0 saturated carbocycles. The number of hydrogen-bond donors (Lipinski definition) is 1. The van der Waals surface area contributed by atoms with Crippen molar-refractivity contribution in [3.63, 3.8) is 0 Å². The van der Waals surface area contributed by atoms with Gasteiger partial charge in [0.15, 0.2) is 0 Å². The maximum Gasteiger partial charge on any atom is 0.335 e. The third-order valence-corrected chi connectivity index (χ3v) is 4.03. The van der Waals surface area contributed by atoms with Crippen LogP contribution >= 0.6 is 0 Å². The van der Waals surface area contributed by atoms with Gasteiger partial charge in [0.1, 0.15) is 0 Å². The number of likely N-dealkylation sites (N-methyl/N-ethyl adjacent to an activating group) is 1. The zero-order valence-corrected chi connectivity index (χ0v) is 13.4. The van der Waals surface area contributed by atoms with Crippen molar-refractivity contribution in [1.29, 1.82) is 0 Å². The highest BCUT2D eigenvalue weighted by Gasteiger charge is 2.20. The van der Waals surface area contributed by atoms with Gasteiger partial charge < -0.3 is 10.0 Å². The molecule has 0 aliphatic carbocycles. The number of rotatable bonds is 6. The van der Waals surface area contributed by atoms with Crippen molar-refractivity contribution in [2.75, 3.05) is 7.05 Å². The van der Waals surface area contributed by atoms with Crippen LogP contribution in [0.15, 0.2) is 54.6 Å². The van der Waals surface area contributed by atoms with Crippen molar-refractivity contribution in [3.05, 3.63) is 71.3 Å². The average molecular weight is 311 g/mol. The number of carboxylic acids is 1. The smallest absolute Gasteiger partial charge is 0.335 e. The topological polar surface area (TPSA) is 57.6 Å². The molecular formula is C19H21NO3. The minimum Gasteiger partial charge on any atom is -0.478 e. The average Bonchev–Trinajstić information content (AvgIpc) is 2.59. The Kier molecular flexibility index (Phi) is 5.52. The van der Waals surface area contributed by atoms with Gasteiger partial charge in [-0.15, -0.1) is 0 Å². The van der Waals surface area contributed by atoms with Crippen LogP contribution in [0.2, 0.25) is 0 Å². The number of aromatic carboxylic acids is 1. The van der Waals surface area contributed by atoms with E-state index >= 15 is 0 Å². The zero-order chi connectivity index (χ0) is 16.8. The molecule has 0 radical (unpaired) electrons. The molecule has 0 spiro atoms. The van der Waals surface area contributed by atoms with Gasteiger partial charge in [0, 0.05) is 18.7 Å². The highest BCUT2D eigenvalue weighted by Crippen LogP contribution is 2.15. The molecule has 0 aliphatic heterocycles. The lowest BCUT2D eigenvalue weighted by Gasteiger charge is -2.27. The molecule has 120 valence electrons. The number of benzene rings is 2. The van der Waals surface area contributed by atoms with Crippen molar-refractivity contribution in [2.45, 2.75) is 25.8 Å². The van der Waals surface area contributed by atoms with Crippen molar-refractivity contribution >= 4 is 11.9 Å².